The van der Waals surface area contributed by atoms with Gasteiger partial charge < -0.3 is 37.3 Å². The summed E-state index contributed by atoms with van der Waals surface area (Å²) < 4.78 is 5.12. The lowest BCUT2D eigenvalue weighted by atomic mass is 9.99. The van der Waals surface area contributed by atoms with Gasteiger partial charge >= 0.3 is 5.97 Å². The van der Waals surface area contributed by atoms with Crippen LogP contribution in [0, 0.1) is 0 Å². The number of nitrogens with two attached hydrogens (primary N) is 3. The topological polar surface area (TPSA) is 177 Å². The minimum atomic E-state index is -1.26. The van der Waals surface area contributed by atoms with Crippen LogP contribution < -0.4 is 17.2 Å². The number of rotatable bonds is 5. The van der Waals surface area contributed by atoms with Crippen molar-refractivity contribution in [3.05, 3.63) is 11.8 Å². The van der Waals surface area contributed by atoms with Gasteiger partial charge in [-0.1, -0.05) is 0 Å². The Balaban J connectivity index is 0.00000172. The molecule has 0 fully saturated rings. The van der Waals surface area contributed by atoms with Crippen LogP contribution in [0.25, 0.3) is 0 Å². The van der Waals surface area contributed by atoms with Crippen molar-refractivity contribution in [3.8, 4) is 0 Å². The molecule has 9 N–H and O–H groups in total. The number of aliphatic carboxylic acids is 1. The van der Waals surface area contributed by atoms with E-state index in [1.54, 1.807) is 0 Å². The molecule has 0 aliphatic carbocycles. The first-order valence-corrected chi connectivity index (χ1v) is 6.01. The van der Waals surface area contributed by atoms with Crippen molar-refractivity contribution in [3.63, 3.8) is 0 Å². The van der Waals surface area contributed by atoms with E-state index in [1.165, 1.54) is 13.1 Å². The number of hydrogen-bond donors (Lipinski definition) is 6. The summed E-state index contributed by atoms with van der Waals surface area (Å²) in [6.45, 7) is -0.222. The van der Waals surface area contributed by atoms with Crippen molar-refractivity contribution in [2.45, 2.75) is 31.1 Å². The zero-order valence-corrected chi connectivity index (χ0v) is 11.3. The van der Waals surface area contributed by atoms with Gasteiger partial charge in [0.2, 0.25) is 5.76 Å². The lowest BCUT2D eigenvalue weighted by Gasteiger charge is -2.29. The predicted octanol–water partition coefficient (Wildman–Crippen LogP) is -2.30. The predicted molar refractivity (Wildman–Crippen MR) is 72.6 cm³/mol. The molecule has 0 spiro atoms. The van der Waals surface area contributed by atoms with E-state index >= 15 is 0 Å². The van der Waals surface area contributed by atoms with Crippen molar-refractivity contribution in [1.82, 2.24) is 0 Å². The summed E-state index contributed by atoms with van der Waals surface area (Å²) in [4.78, 5) is 14.7. The Bertz CT molecular complexity index is 368. The largest absolute Gasteiger partial charge is 0.481 e. The number of carboxylic acid groups (broad SMARTS) is 1. The number of carboxylic acids is 1. The molecule has 0 saturated heterocycles. The van der Waals surface area contributed by atoms with Crippen LogP contribution in [0.5, 0.6) is 0 Å². The van der Waals surface area contributed by atoms with Gasteiger partial charge in [-0.2, -0.15) is 0 Å². The van der Waals surface area contributed by atoms with E-state index in [-0.39, 0.29) is 31.2 Å². The van der Waals surface area contributed by atoms with Gasteiger partial charge in [0.25, 0.3) is 0 Å². The fourth-order valence-electron chi connectivity index (χ4n) is 1.69. The molecule has 1 heterocycles. The quantitative estimate of drug-likeness (QED) is 0.242. The number of carbonyl (C=O) groups is 1. The third kappa shape index (κ3) is 5.87. The summed E-state index contributed by atoms with van der Waals surface area (Å²) >= 11 is 0. The van der Waals surface area contributed by atoms with E-state index in [4.69, 9.17) is 26.4 Å². The molecule has 0 aromatic heterocycles. The second-order valence-electron chi connectivity index (χ2n) is 3.93. The molecule has 0 radical (unpaired) electrons. The molecular weight excluding hydrogens is 268 g/mol. The molecule has 1 aliphatic heterocycles. The molecule has 1 rings (SSSR count). The Morgan fingerprint density at radius 3 is 2.60 bits per heavy atom. The van der Waals surface area contributed by atoms with Crippen molar-refractivity contribution in [2.75, 3.05) is 13.7 Å². The first kappa shape index (κ1) is 18.2. The maximum absolute atomic E-state index is 10.9. The van der Waals surface area contributed by atoms with Crippen molar-refractivity contribution >= 4 is 11.9 Å². The molecule has 9 heteroatoms. The molecule has 3 atom stereocenters. The summed E-state index contributed by atoms with van der Waals surface area (Å²) in [6.07, 6.45) is -0.122. The second-order valence-corrected chi connectivity index (χ2v) is 3.93. The summed E-state index contributed by atoms with van der Waals surface area (Å²) in [5.74, 6) is -1.73. The van der Waals surface area contributed by atoms with Gasteiger partial charge in [0.15, 0.2) is 5.96 Å². The summed E-state index contributed by atoms with van der Waals surface area (Å²) in [5, 5.41) is 27.3. The lowest BCUT2D eigenvalue weighted by molar-refractivity contribution is -0.140. The van der Waals surface area contributed by atoms with E-state index in [1.807, 2.05) is 0 Å². The number of aliphatic imine (C=N–C) groups is 1. The molecule has 0 aromatic rings. The standard InChI is InChI=1S/C10H17N3O5.CH5N/c11-10(12)13-5-3-7(6(15)1-2-14)18-8(4-5)9(16)17;1-2/h4-7,14-15H,1-3H2,(H,16,17)(H4,11,12,13);2H2,1H3. The number of guanidine groups is 1. The van der Waals surface area contributed by atoms with Crippen LogP contribution in [-0.4, -0.2) is 59.2 Å². The SMILES string of the molecule is CN.NC(N)=NC1C=C(C(=O)O)OC(C(O)CCO)C1. The Morgan fingerprint density at radius 2 is 2.15 bits per heavy atom. The van der Waals surface area contributed by atoms with Gasteiger partial charge in [-0.3, -0.25) is 0 Å². The Hall–Kier alpha value is -1.84. The first-order chi connectivity index (χ1) is 9.43. The fourth-order valence-corrected chi connectivity index (χ4v) is 1.69. The number of aliphatic hydroxyl groups excluding tert-OH is 2. The summed E-state index contributed by atoms with van der Waals surface area (Å²) in [6, 6.07) is -0.562. The zero-order chi connectivity index (χ0) is 15.7. The van der Waals surface area contributed by atoms with Crippen LogP contribution in [0.15, 0.2) is 16.8 Å². The third-order valence-corrected chi connectivity index (χ3v) is 2.48. The average molecular weight is 290 g/mol. The molecule has 116 valence electrons. The van der Waals surface area contributed by atoms with Crippen LogP contribution in [0.2, 0.25) is 0 Å². The monoisotopic (exact) mass is 290 g/mol. The molecule has 1 aliphatic rings. The van der Waals surface area contributed by atoms with E-state index in [0.717, 1.165) is 0 Å². The highest BCUT2D eigenvalue weighted by atomic mass is 16.5. The fraction of sp³-hybridized carbons (Fsp3) is 0.636. The average Bonchev–Trinajstić information content (AvgIpc) is 2.40. The molecule has 0 amide bonds. The first-order valence-electron chi connectivity index (χ1n) is 6.01. The minimum Gasteiger partial charge on any atom is -0.481 e. The van der Waals surface area contributed by atoms with Gasteiger partial charge in [-0.15, -0.1) is 0 Å². The van der Waals surface area contributed by atoms with Crippen LogP contribution in [0.4, 0.5) is 0 Å². The molecule has 9 nitrogen and oxygen atoms in total. The maximum Gasteiger partial charge on any atom is 0.370 e. The van der Waals surface area contributed by atoms with E-state index in [9.17, 15) is 9.90 Å². The number of aliphatic hydroxyl groups is 2. The summed E-state index contributed by atoms with van der Waals surface area (Å²) in [5.41, 5.74) is 15.0. The van der Waals surface area contributed by atoms with Gasteiger partial charge in [0, 0.05) is 19.4 Å². The smallest absolute Gasteiger partial charge is 0.370 e. The van der Waals surface area contributed by atoms with Crippen LogP contribution in [0.1, 0.15) is 12.8 Å². The van der Waals surface area contributed by atoms with Gasteiger partial charge in [-0.05, 0) is 13.1 Å². The second kappa shape index (κ2) is 9.13. The number of hydrogen-bond acceptors (Lipinski definition) is 6. The highest BCUT2D eigenvalue weighted by Crippen LogP contribution is 2.23. The molecule has 20 heavy (non-hydrogen) atoms. The number of nitrogens with zero attached hydrogens (tertiary/aromatic N) is 1. The molecular formula is C11H22N4O5. The van der Waals surface area contributed by atoms with Crippen molar-refractivity contribution in [1.29, 1.82) is 0 Å². The van der Waals surface area contributed by atoms with Crippen molar-refractivity contribution in [2.24, 2.45) is 22.2 Å². The van der Waals surface area contributed by atoms with Crippen LogP contribution >= 0.6 is 0 Å². The van der Waals surface area contributed by atoms with Gasteiger partial charge in [-0.25, -0.2) is 9.79 Å². The van der Waals surface area contributed by atoms with E-state index in [2.05, 4.69) is 10.7 Å². The minimum absolute atomic E-state index is 0.0894. The van der Waals surface area contributed by atoms with Crippen LogP contribution in [0.3, 0.4) is 0 Å². The molecule has 0 aromatic carbocycles. The molecule has 0 saturated carbocycles. The van der Waals surface area contributed by atoms with E-state index < -0.39 is 24.2 Å². The lowest BCUT2D eigenvalue weighted by Crippen LogP contribution is -2.38. The third-order valence-electron chi connectivity index (χ3n) is 2.48. The summed E-state index contributed by atoms with van der Waals surface area (Å²) in [7, 11) is 1.50. The molecule has 0 bridgehead atoms. The van der Waals surface area contributed by atoms with Crippen LogP contribution in [-0.2, 0) is 9.53 Å². The number of ether oxygens (including phenoxy) is 1. The zero-order valence-electron chi connectivity index (χ0n) is 11.3. The van der Waals surface area contributed by atoms with Crippen molar-refractivity contribution < 1.29 is 24.9 Å². The Labute approximate surface area is 116 Å². The highest BCUT2D eigenvalue weighted by Gasteiger charge is 2.31. The van der Waals surface area contributed by atoms with E-state index in [0.29, 0.717) is 0 Å². The molecule has 3 unspecified atom stereocenters. The highest BCUT2D eigenvalue weighted by molar-refractivity contribution is 5.84. The Morgan fingerprint density at radius 1 is 1.55 bits per heavy atom. The van der Waals surface area contributed by atoms with Gasteiger partial charge in [0.05, 0.1) is 12.1 Å². The Kier molecular flexibility index (Phi) is 8.29. The maximum atomic E-state index is 10.9. The normalized spacial score (nSPS) is 22.5. The van der Waals surface area contributed by atoms with Gasteiger partial charge in [0.1, 0.15) is 6.10 Å².